The van der Waals surface area contributed by atoms with Gasteiger partial charge in [-0.2, -0.15) is 26.3 Å². The number of sulfonamides is 1. The first kappa shape index (κ1) is 32.0. The number of carboxylic acids is 1. The fourth-order valence-electron chi connectivity index (χ4n) is 3.96. The number of carboxylic acid groups (broad SMARTS) is 1. The maximum atomic E-state index is 13.7. The van der Waals surface area contributed by atoms with Crippen molar-refractivity contribution in [2.24, 2.45) is 5.41 Å². The molecule has 0 amide bonds. The van der Waals surface area contributed by atoms with Crippen molar-refractivity contribution in [3.05, 3.63) is 53.6 Å². The van der Waals surface area contributed by atoms with Crippen LogP contribution in [0.25, 0.3) is 0 Å². The number of nitrogens with zero attached hydrogens (tertiary/aromatic N) is 1. The molecule has 8 nitrogen and oxygen atoms in total. The fourth-order valence-corrected chi connectivity index (χ4v) is 5.51. The average molecular weight is 612 g/mol. The molecule has 0 bridgehead atoms. The first-order valence-electron chi connectivity index (χ1n) is 12.1. The van der Waals surface area contributed by atoms with Crippen molar-refractivity contribution in [3.8, 4) is 5.75 Å². The Labute approximate surface area is 231 Å². The Bertz CT molecular complexity index is 1430. The molecule has 1 heterocycles. The van der Waals surface area contributed by atoms with E-state index in [4.69, 9.17) is 4.74 Å². The van der Waals surface area contributed by atoms with Crippen molar-refractivity contribution in [1.82, 2.24) is 0 Å². The third kappa shape index (κ3) is 7.05. The molecule has 1 aliphatic rings. The molecular weight excluding hydrogens is 584 g/mol. The van der Waals surface area contributed by atoms with E-state index in [1.54, 1.807) is 0 Å². The van der Waals surface area contributed by atoms with E-state index in [-0.39, 0.29) is 23.4 Å². The van der Waals surface area contributed by atoms with Gasteiger partial charge in [-0.3, -0.25) is 13.9 Å². The van der Waals surface area contributed by atoms with E-state index >= 15 is 0 Å². The Morgan fingerprint density at radius 2 is 1.66 bits per heavy atom. The van der Waals surface area contributed by atoms with Gasteiger partial charge in [0.1, 0.15) is 11.9 Å². The topological polar surface area (TPSA) is 110 Å². The summed E-state index contributed by atoms with van der Waals surface area (Å²) in [7, 11) is -4.72. The van der Waals surface area contributed by atoms with Gasteiger partial charge in [0.05, 0.1) is 34.5 Å². The minimum absolute atomic E-state index is 0.0314. The average Bonchev–Trinajstić information content (AvgIpc) is 2.81. The van der Waals surface area contributed by atoms with Gasteiger partial charge in [0, 0.05) is 6.42 Å². The van der Waals surface area contributed by atoms with Crippen molar-refractivity contribution in [2.45, 2.75) is 69.5 Å². The molecule has 0 unspecified atom stereocenters. The van der Waals surface area contributed by atoms with Crippen LogP contribution in [0.5, 0.6) is 5.75 Å². The molecule has 1 atom stereocenters. The second-order valence-corrected chi connectivity index (χ2v) is 12.5. The predicted molar refractivity (Wildman–Crippen MR) is 133 cm³/mol. The van der Waals surface area contributed by atoms with E-state index in [0.717, 1.165) is 22.5 Å². The Morgan fingerprint density at radius 3 is 2.22 bits per heavy atom. The molecular formula is C26H27F6NO7S. The third-order valence-electron chi connectivity index (χ3n) is 6.42. The molecule has 0 saturated heterocycles. The summed E-state index contributed by atoms with van der Waals surface area (Å²) in [6, 6.07) is 6.66. The summed E-state index contributed by atoms with van der Waals surface area (Å²) in [4.78, 5) is 23.3. The molecule has 1 aliphatic heterocycles. The molecule has 0 aliphatic carbocycles. The smallest absolute Gasteiger partial charge is 0.427 e. The summed E-state index contributed by atoms with van der Waals surface area (Å²) in [6.07, 6.45) is -11.6. The highest BCUT2D eigenvalue weighted by Gasteiger charge is 2.50. The number of esters is 1. The molecule has 1 N–H and O–H groups in total. The van der Waals surface area contributed by atoms with Crippen LogP contribution < -0.4 is 9.04 Å². The van der Waals surface area contributed by atoms with Gasteiger partial charge < -0.3 is 14.6 Å². The van der Waals surface area contributed by atoms with Gasteiger partial charge in [-0.05, 0) is 63.6 Å². The Balaban J connectivity index is 2.05. The fraction of sp³-hybridized carbons (Fsp3) is 0.462. The molecule has 2 aromatic carbocycles. The van der Waals surface area contributed by atoms with E-state index in [2.05, 4.69) is 4.74 Å². The maximum absolute atomic E-state index is 13.7. The minimum atomic E-state index is -4.86. The van der Waals surface area contributed by atoms with Crippen LogP contribution in [0.2, 0.25) is 0 Å². The van der Waals surface area contributed by atoms with Crippen molar-refractivity contribution in [1.29, 1.82) is 0 Å². The van der Waals surface area contributed by atoms with Gasteiger partial charge in [0.15, 0.2) is 0 Å². The van der Waals surface area contributed by atoms with Crippen LogP contribution in [0.15, 0.2) is 47.4 Å². The molecule has 0 fully saturated rings. The van der Waals surface area contributed by atoms with Gasteiger partial charge in [-0.25, -0.2) is 8.42 Å². The van der Waals surface area contributed by atoms with Crippen LogP contribution in [0, 0.1) is 5.41 Å². The molecule has 2 aromatic rings. The number of benzene rings is 2. The summed E-state index contributed by atoms with van der Waals surface area (Å²) in [5.41, 5.74) is -5.57. The first-order chi connectivity index (χ1) is 18.5. The van der Waals surface area contributed by atoms with Gasteiger partial charge >= 0.3 is 24.3 Å². The lowest BCUT2D eigenvalue weighted by atomic mass is 9.86. The third-order valence-corrected chi connectivity index (χ3v) is 8.20. The maximum Gasteiger partial charge on any atom is 0.427 e. The number of ether oxygens (including phenoxy) is 2. The minimum Gasteiger partial charge on any atom is -0.486 e. The van der Waals surface area contributed by atoms with E-state index in [1.165, 1.54) is 26.0 Å². The first-order valence-corrected chi connectivity index (χ1v) is 13.5. The predicted octanol–water partition coefficient (Wildman–Crippen LogP) is 5.59. The SMILES string of the molecule is CC(C)(C[C@H]1CN(S(=O)(=O)c2cccc(C(F)(F)F)c2)c2cc(CC(=O)OC(C)(C)C(F)(F)F)ccc2O1)C(=O)O. The standard InChI is InChI=1S/C26H27F6NO7S/c1-23(2,22(35)36)13-17-14-33(41(37,38)18-7-5-6-16(12-18)25(27,28)29)19-10-15(8-9-20(19)39-17)11-21(34)40-24(3,4)26(30,31)32/h5-10,12,17H,11,13-14H2,1-4H3,(H,35,36)/t17-/m0/s1. The van der Waals surface area contributed by atoms with E-state index in [1.807, 2.05) is 0 Å². The molecule has 3 rings (SSSR count). The number of alkyl halides is 6. The zero-order chi connectivity index (χ0) is 31.2. The Hall–Kier alpha value is -3.49. The Morgan fingerprint density at radius 1 is 1.02 bits per heavy atom. The van der Waals surface area contributed by atoms with Gasteiger partial charge in [-0.1, -0.05) is 12.1 Å². The zero-order valence-electron chi connectivity index (χ0n) is 22.3. The van der Waals surface area contributed by atoms with Crippen molar-refractivity contribution in [3.63, 3.8) is 0 Å². The van der Waals surface area contributed by atoms with Crippen LogP contribution in [-0.4, -0.2) is 49.9 Å². The zero-order valence-corrected chi connectivity index (χ0v) is 23.1. The number of carbonyl (C=O) groups is 2. The summed E-state index contributed by atoms with van der Waals surface area (Å²) in [5, 5.41) is 9.52. The normalized spacial score (nSPS) is 16.5. The van der Waals surface area contributed by atoms with Gasteiger partial charge in [0.2, 0.25) is 5.60 Å². The van der Waals surface area contributed by atoms with Crippen LogP contribution in [-0.2, 0) is 36.9 Å². The summed E-state index contributed by atoms with van der Waals surface area (Å²) in [6.45, 7) is 3.59. The van der Waals surface area contributed by atoms with Crippen LogP contribution >= 0.6 is 0 Å². The number of aliphatic carboxylic acids is 1. The number of rotatable bonds is 8. The molecule has 0 saturated carbocycles. The highest BCUT2D eigenvalue weighted by molar-refractivity contribution is 7.92. The van der Waals surface area contributed by atoms with Gasteiger partial charge in [0.25, 0.3) is 10.0 Å². The van der Waals surface area contributed by atoms with E-state index in [0.29, 0.717) is 26.0 Å². The molecule has 226 valence electrons. The monoisotopic (exact) mass is 611 g/mol. The summed E-state index contributed by atoms with van der Waals surface area (Å²) >= 11 is 0. The number of carbonyl (C=O) groups excluding carboxylic acids is 1. The molecule has 0 spiro atoms. The van der Waals surface area contributed by atoms with E-state index < -0.39 is 74.9 Å². The van der Waals surface area contributed by atoms with Crippen molar-refractivity contribution >= 4 is 27.6 Å². The molecule has 15 heteroatoms. The lowest BCUT2D eigenvalue weighted by Crippen LogP contribution is -2.46. The van der Waals surface area contributed by atoms with Crippen molar-refractivity contribution < 1.29 is 58.9 Å². The molecule has 41 heavy (non-hydrogen) atoms. The number of halogens is 6. The second kappa shape index (κ2) is 10.7. The number of hydrogen-bond donors (Lipinski definition) is 1. The quantitative estimate of drug-likeness (QED) is 0.306. The highest BCUT2D eigenvalue weighted by atomic mass is 32.2. The lowest BCUT2D eigenvalue weighted by molar-refractivity contribution is -0.257. The Kier molecular flexibility index (Phi) is 8.38. The van der Waals surface area contributed by atoms with Crippen LogP contribution in [0.3, 0.4) is 0 Å². The summed E-state index contributed by atoms with van der Waals surface area (Å²) in [5.74, 6) is -2.56. The molecule has 0 aromatic heterocycles. The highest BCUT2D eigenvalue weighted by Crippen LogP contribution is 2.41. The van der Waals surface area contributed by atoms with E-state index in [9.17, 15) is 49.5 Å². The lowest BCUT2D eigenvalue weighted by Gasteiger charge is -2.38. The number of anilines is 1. The second-order valence-electron chi connectivity index (χ2n) is 10.7. The summed E-state index contributed by atoms with van der Waals surface area (Å²) < 4.78 is 118. The number of hydrogen-bond acceptors (Lipinski definition) is 6. The van der Waals surface area contributed by atoms with Gasteiger partial charge in [-0.15, -0.1) is 0 Å². The largest absolute Gasteiger partial charge is 0.486 e. The van der Waals surface area contributed by atoms with Crippen LogP contribution in [0.1, 0.15) is 45.2 Å². The van der Waals surface area contributed by atoms with Crippen LogP contribution in [0.4, 0.5) is 32.0 Å². The van der Waals surface area contributed by atoms with Crippen molar-refractivity contribution in [2.75, 3.05) is 10.8 Å². The molecule has 0 radical (unpaired) electrons. The number of fused-ring (bicyclic) bond motifs is 1.